The molecule has 0 saturated heterocycles. The normalized spacial score (nSPS) is 11.8. The molecule has 1 aromatic carbocycles. The van der Waals surface area contributed by atoms with Crippen LogP contribution in [-0.4, -0.2) is 15.5 Å². The summed E-state index contributed by atoms with van der Waals surface area (Å²) in [5.41, 5.74) is 2.11. The largest absolute Gasteiger partial charge is 0.349 e. The van der Waals surface area contributed by atoms with Crippen LogP contribution in [-0.2, 0) is 17.9 Å². The van der Waals surface area contributed by atoms with Gasteiger partial charge in [-0.15, -0.1) is 0 Å². The standard InChI is InChI=1S/C16H23N3O/c1-5-19-13-9-7-6-8-12(13)18-14(19)11-17-15(20)10-16(2,3)4/h6-9H,5,10-11H2,1-4H3,(H,17,20). The molecule has 2 aromatic rings. The van der Waals surface area contributed by atoms with Crippen LogP contribution in [0.25, 0.3) is 11.0 Å². The van der Waals surface area contributed by atoms with Crippen LogP contribution in [0.5, 0.6) is 0 Å². The summed E-state index contributed by atoms with van der Waals surface area (Å²) < 4.78 is 2.15. The Kier molecular flexibility index (Phi) is 4.12. The summed E-state index contributed by atoms with van der Waals surface area (Å²) >= 11 is 0. The minimum absolute atomic E-state index is 0.00890. The van der Waals surface area contributed by atoms with Crippen molar-refractivity contribution >= 4 is 16.9 Å². The van der Waals surface area contributed by atoms with Gasteiger partial charge in [-0.3, -0.25) is 4.79 Å². The third-order valence-corrected chi connectivity index (χ3v) is 3.18. The van der Waals surface area contributed by atoms with Gasteiger partial charge in [0.05, 0.1) is 17.6 Å². The second-order valence-electron chi connectivity index (χ2n) is 6.28. The number of amides is 1. The first-order valence-corrected chi connectivity index (χ1v) is 7.11. The highest BCUT2D eigenvalue weighted by atomic mass is 16.1. The summed E-state index contributed by atoms with van der Waals surface area (Å²) in [6.07, 6.45) is 0.527. The van der Waals surface area contributed by atoms with Crippen LogP contribution >= 0.6 is 0 Å². The van der Waals surface area contributed by atoms with E-state index in [1.807, 2.05) is 18.2 Å². The van der Waals surface area contributed by atoms with Gasteiger partial charge in [-0.05, 0) is 24.5 Å². The molecular formula is C16H23N3O. The molecule has 108 valence electrons. The monoisotopic (exact) mass is 273 g/mol. The van der Waals surface area contributed by atoms with E-state index < -0.39 is 0 Å². The fourth-order valence-electron chi connectivity index (χ4n) is 2.34. The lowest BCUT2D eigenvalue weighted by Gasteiger charge is -2.17. The summed E-state index contributed by atoms with van der Waals surface area (Å²) in [4.78, 5) is 16.5. The van der Waals surface area contributed by atoms with Crippen molar-refractivity contribution in [2.45, 2.75) is 47.2 Å². The number of imidazole rings is 1. The van der Waals surface area contributed by atoms with E-state index in [2.05, 4.69) is 48.6 Å². The Bertz CT molecular complexity index is 608. The first-order valence-electron chi connectivity index (χ1n) is 7.11. The van der Waals surface area contributed by atoms with Crippen LogP contribution < -0.4 is 5.32 Å². The van der Waals surface area contributed by atoms with Crippen LogP contribution in [0.15, 0.2) is 24.3 Å². The quantitative estimate of drug-likeness (QED) is 0.930. The van der Waals surface area contributed by atoms with Crippen molar-refractivity contribution in [2.75, 3.05) is 0 Å². The van der Waals surface area contributed by atoms with Gasteiger partial charge in [0.1, 0.15) is 5.82 Å². The predicted molar refractivity (Wildman–Crippen MR) is 81.3 cm³/mol. The molecule has 0 spiro atoms. The van der Waals surface area contributed by atoms with Gasteiger partial charge >= 0.3 is 0 Å². The lowest BCUT2D eigenvalue weighted by atomic mass is 9.92. The Morgan fingerprint density at radius 3 is 2.65 bits per heavy atom. The SMILES string of the molecule is CCn1c(CNC(=O)CC(C)(C)C)nc2ccccc21. The lowest BCUT2D eigenvalue weighted by molar-refractivity contribution is -0.123. The molecule has 1 N–H and O–H groups in total. The number of hydrogen-bond donors (Lipinski definition) is 1. The molecule has 4 nitrogen and oxygen atoms in total. The molecule has 1 amide bonds. The molecule has 0 fully saturated rings. The number of para-hydroxylation sites is 2. The Balaban J connectivity index is 2.12. The molecule has 0 aliphatic rings. The zero-order valence-corrected chi connectivity index (χ0v) is 12.7. The van der Waals surface area contributed by atoms with E-state index >= 15 is 0 Å². The number of rotatable bonds is 4. The maximum Gasteiger partial charge on any atom is 0.220 e. The average Bonchev–Trinajstić information content (AvgIpc) is 2.71. The predicted octanol–water partition coefficient (Wildman–Crippen LogP) is 3.11. The molecule has 0 atom stereocenters. The van der Waals surface area contributed by atoms with Gasteiger partial charge in [-0.1, -0.05) is 32.9 Å². The highest BCUT2D eigenvalue weighted by Crippen LogP contribution is 2.18. The molecule has 1 aromatic heterocycles. The number of nitrogens with one attached hydrogen (secondary N) is 1. The zero-order valence-electron chi connectivity index (χ0n) is 12.7. The smallest absolute Gasteiger partial charge is 0.220 e. The van der Waals surface area contributed by atoms with E-state index in [0.717, 1.165) is 23.4 Å². The third kappa shape index (κ3) is 3.38. The summed E-state index contributed by atoms with van der Waals surface area (Å²) in [6.45, 7) is 9.62. The molecule has 0 aliphatic carbocycles. The van der Waals surface area contributed by atoms with Crippen LogP contribution in [0.3, 0.4) is 0 Å². The number of carbonyl (C=O) groups is 1. The second-order valence-corrected chi connectivity index (χ2v) is 6.28. The maximum absolute atomic E-state index is 11.9. The van der Waals surface area contributed by atoms with Gasteiger partial charge in [0, 0.05) is 13.0 Å². The van der Waals surface area contributed by atoms with E-state index in [0.29, 0.717) is 13.0 Å². The summed E-state index contributed by atoms with van der Waals surface area (Å²) in [5, 5.41) is 2.97. The van der Waals surface area contributed by atoms with Crippen LogP contribution in [0.4, 0.5) is 0 Å². The van der Waals surface area contributed by atoms with Crippen molar-refractivity contribution in [1.29, 1.82) is 0 Å². The van der Waals surface area contributed by atoms with E-state index in [4.69, 9.17) is 0 Å². The number of hydrogen-bond acceptors (Lipinski definition) is 2. The highest BCUT2D eigenvalue weighted by molar-refractivity contribution is 5.77. The Labute approximate surface area is 120 Å². The van der Waals surface area contributed by atoms with E-state index in [1.165, 1.54) is 0 Å². The Morgan fingerprint density at radius 2 is 2.00 bits per heavy atom. The van der Waals surface area contributed by atoms with E-state index in [-0.39, 0.29) is 11.3 Å². The van der Waals surface area contributed by atoms with Crippen LogP contribution in [0.1, 0.15) is 39.9 Å². The van der Waals surface area contributed by atoms with Gasteiger partial charge in [0.2, 0.25) is 5.91 Å². The minimum Gasteiger partial charge on any atom is -0.349 e. The molecule has 0 bridgehead atoms. The number of aromatic nitrogens is 2. The molecule has 2 rings (SSSR count). The van der Waals surface area contributed by atoms with Crippen molar-refractivity contribution in [3.05, 3.63) is 30.1 Å². The Morgan fingerprint density at radius 1 is 1.30 bits per heavy atom. The van der Waals surface area contributed by atoms with Crippen molar-refractivity contribution in [3.8, 4) is 0 Å². The van der Waals surface area contributed by atoms with Crippen molar-refractivity contribution in [3.63, 3.8) is 0 Å². The molecule has 0 unspecified atom stereocenters. The third-order valence-electron chi connectivity index (χ3n) is 3.18. The van der Waals surface area contributed by atoms with E-state index in [1.54, 1.807) is 0 Å². The number of aryl methyl sites for hydroxylation is 1. The molecule has 0 aliphatic heterocycles. The van der Waals surface area contributed by atoms with Gasteiger partial charge in [-0.25, -0.2) is 4.98 Å². The summed E-state index contributed by atoms with van der Waals surface area (Å²) in [7, 11) is 0. The average molecular weight is 273 g/mol. The first kappa shape index (κ1) is 14.6. The van der Waals surface area contributed by atoms with Crippen LogP contribution in [0, 0.1) is 5.41 Å². The van der Waals surface area contributed by atoms with Crippen molar-refractivity contribution in [2.24, 2.45) is 5.41 Å². The molecule has 4 heteroatoms. The topological polar surface area (TPSA) is 46.9 Å². The molecule has 0 saturated carbocycles. The van der Waals surface area contributed by atoms with Crippen LogP contribution in [0.2, 0.25) is 0 Å². The van der Waals surface area contributed by atoms with Gasteiger partial charge in [0.25, 0.3) is 0 Å². The first-order chi connectivity index (χ1) is 9.40. The highest BCUT2D eigenvalue weighted by Gasteiger charge is 2.16. The van der Waals surface area contributed by atoms with E-state index in [9.17, 15) is 4.79 Å². The number of fused-ring (bicyclic) bond motifs is 1. The van der Waals surface area contributed by atoms with Gasteiger partial charge in [-0.2, -0.15) is 0 Å². The summed E-state index contributed by atoms with van der Waals surface area (Å²) in [5.74, 6) is 0.989. The minimum atomic E-state index is 0.00890. The zero-order chi connectivity index (χ0) is 14.8. The van der Waals surface area contributed by atoms with Gasteiger partial charge in [0.15, 0.2) is 0 Å². The number of benzene rings is 1. The van der Waals surface area contributed by atoms with Crippen molar-refractivity contribution < 1.29 is 4.79 Å². The molecule has 1 heterocycles. The number of carbonyl (C=O) groups excluding carboxylic acids is 1. The molecule has 0 radical (unpaired) electrons. The summed E-state index contributed by atoms with van der Waals surface area (Å²) in [6, 6.07) is 8.06. The Hall–Kier alpha value is -1.84. The lowest BCUT2D eigenvalue weighted by Crippen LogP contribution is -2.28. The molecule has 20 heavy (non-hydrogen) atoms. The fourth-order valence-corrected chi connectivity index (χ4v) is 2.34. The maximum atomic E-state index is 11.9. The molecular weight excluding hydrogens is 250 g/mol. The number of nitrogens with zero attached hydrogens (tertiary/aromatic N) is 2. The van der Waals surface area contributed by atoms with Crippen molar-refractivity contribution in [1.82, 2.24) is 14.9 Å². The fraction of sp³-hybridized carbons (Fsp3) is 0.500. The van der Waals surface area contributed by atoms with Gasteiger partial charge < -0.3 is 9.88 Å². The second kappa shape index (κ2) is 5.65.